The number of carbonyl (C=O) groups is 1. The third kappa shape index (κ3) is 2.39. The summed E-state index contributed by atoms with van der Waals surface area (Å²) in [5.41, 5.74) is 1.18. The first-order valence-corrected chi connectivity index (χ1v) is 4.94. The van der Waals surface area contributed by atoms with Crippen LogP contribution in [-0.4, -0.2) is 23.0 Å². The van der Waals surface area contributed by atoms with Gasteiger partial charge in [-0.05, 0) is 23.8 Å². The highest BCUT2D eigenvalue weighted by Gasteiger charge is 1.99. The number of aromatic nitrogens is 2. The average molecular weight is 230 g/mol. The third-order valence-corrected chi connectivity index (χ3v) is 2.28. The molecule has 0 aliphatic carbocycles. The summed E-state index contributed by atoms with van der Waals surface area (Å²) in [6.45, 7) is 0. The molecule has 0 atom stereocenters. The van der Waals surface area contributed by atoms with E-state index < -0.39 is 5.97 Å². The number of benzene rings is 1. The molecule has 5 nitrogen and oxygen atoms in total. The monoisotopic (exact) mass is 230 g/mol. The largest absolute Gasteiger partial charge is 0.466 e. The molecule has 1 N–H and O–H groups in total. The van der Waals surface area contributed by atoms with Crippen molar-refractivity contribution in [2.24, 2.45) is 0 Å². The van der Waals surface area contributed by atoms with Gasteiger partial charge in [-0.2, -0.15) is 0 Å². The molecule has 0 fully saturated rings. The normalized spacial score (nSPS) is 10.9. The van der Waals surface area contributed by atoms with Crippen molar-refractivity contribution in [1.82, 2.24) is 9.97 Å². The van der Waals surface area contributed by atoms with Crippen molar-refractivity contribution >= 4 is 22.9 Å². The van der Waals surface area contributed by atoms with E-state index in [-0.39, 0.29) is 5.56 Å². The lowest BCUT2D eigenvalue weighted by atomic mass is 10.1. The Labute approximate surface area is 96.8 Å². The number of rotatable bonds is 2. The Kier molecular flexibility index (Phi) is 3.00. The molecule has 1 aromatic heterocycles. The number of nitrogens with one attached hydrogen (secondary N) is 1. The minimum Gasteiger partial charge on any atom is -0.466 e. The van der Waals surface area contributed by atoms with Gasteiger partial charge in [-0.25, -0.2) is 9.78 Å². The van der Waals surface area contributed by atoms with E-state index in [0.717, 1.165) is 5.56 Å². The second-order valence-corrected chi connectivity index (χ2v) is 3.36. The first-order chi connectivity index (χ1) is 8.20. The first-order valence-electron chi connectivity index (χ1n) is 4.94. The third-order valence-electron chi connectivity index (χ3n) is 2.28. The summed E-state index contributed by atoms with van der Waals surface area (Å²) < 4.78 is 4.48. The van der Waals surface area contributed by atoms with Crippen LogP contribution >= 0.6 is 0 Å². The number of methoxy groups -OCH3 is 1. The number of hydrogen-bond donors (Lipinski definition) is 1. The summed E-state index contributed by atoms with van der Waals surface area (Å²) in [4.78, 5) is 28.9. The van der Waals surface area contributed by atoms with Gasteiger partial charge < -0.3 is 9.72 Å². The molecule has 86 valence electrons. The van der Waals surface area contributed by atoms with Crippen LogP contribution in [0.15, 0.2) is 35.4 Å². The highest BCUT2D eigenvalue weighted by Crippen LogP contribution is 2.10. The highest BCUT2D eigenvalue weighted by atomic mass is 16.5. The van der Waals surface area contributed by atoms with Gasteiger partial charge >= 0.3 is 5.97 Å². The lowest BCUT2D eigenvalue weighted by molar-refractivity contribution is -0.134. The van der Waals surface area contributed by atoms with Crippen molar-refractivity contribution in [3.05, 3.63) is 46.5 Å². The van der Waals surface area contributed by atoms with Gasteiger partial charge in [-0.3, -0.25) is 4.79 Å². The lowest BCUT2D eigenvalue weighted by Crippen LogP contribution is -2.05. The summed E-state index contributed by atoms with van der Waals surface area (Å²) in [6, 6.07) is 5.13. The molecule has 0 aliphatic heterocycles. The predicted molar refractivity (Wildman–Crippen MR) is 63.4 cm³/mol. The molecule has 0 amide bonds. The smallest absolute Gasteiger partial charge is 0.330 e. The van der Waals surface area contributed by atoms with Gasteiger partial charge in [-0.1, -0.05) is 6.07 Å². The Morgan fingerprint density at radius 1 is 1.47 bits per heavy atom. The topological polar surface area (TPSA) is 72.1 Å². The number of carbonyl (C=O) groups excluding carboxylic acids is 1. The van der Waals surface area contributed by atoms with Gasteiger partial charge in [0.2, 0.25) is 0 Å². The van der Waals surface area contributed by atoms with E-state index in [2.05, 4.69) is 14.7 Å². The van der Waals surface area contributed by atoms with Crippen molar-refractivity contribution in [2.45, 2.75) is 0 Å². The fourth-order valence-electron chi connectivity index (χ4n) is 1.42. The molecular weight excluding hydrogens is 220 g/mol. The van der Waals surface area contributed by atoms with Crippen LogP contribution < -0.4 is 5.56 Å². The van der Waals surface area contributed by atoms with E-state index in [1.54, 1.807) is 24.3 Å². The zero-order chi connectivity index (χ0) is 12.3. The Hall–Kier alpha value is -2.43. The van der Waals surface area contributed by atoms with Crippen molar-refractivity contribution < 1.29 is 9.53 Å². The van der Waals surface area contributed by atoms with E-state index in [4.69, 9.17) is 0 Å². The van der Waals surface area contributed by atoms with Crippen LogP contribution in [0, 0.1) is 0 Å². The highest BCUT2D eigenvalue weighted by molar-refractivity contribution is 5.88. The maximum Gasteiger partial charge on any atom is 0.330 e. The summed E-state index contributed by atoms with van der Waals surface area (Å²) in [5, 5.41) is 0.516. The molecule has 0 aliphatic rings. The van der Waals surface area contributed by atoms with E-state index in [9.17, 15) is 9.59 Å². The molecule has 5 heteroatoms. The van der Waals surface area contributed by atoms with E-state index in [0.29, 0.717) is 10.9 Å². The Balaban J connectivity index is 2.42. The number of hydrogen-bond acceptors (Lipinski definition) is 4. The Morgan fingerprint density at radius 3 is 3.06 bits per heavy atom. The maximum absolute atomic E-state index is 11.4. The van der Waals surface area contributed by atoms with Crippen LogP contribution in [0.4, 0.5) is 0 Å². The van der Waals surface area contributed by atoms with Gasteiger partial charge in [0.25, 0.3) is 5.56 Å². The van der Waals surface area contributed by atoms with Crippen LogP contribution in [0.5, 0.6) is 0 Å². The lowest BCUT2D eigenvalue weighted by Gasteiger charge is -1.97. The molecule has 0 unspecified atom stereocenters. The zero-order valence-corrected chi connectivity index (χ0v) is 9.14. The molecule has 17 heavy (non-hydrogen) atoms. The second-order valence-electron chi connectivity index (χ2n) is 3.36. The predicted octanol–water partition coefficient (Wildman–Crippen LogP) is 1.11. The number of esters is 1. The van der Waals surface area contributed by atoms with Crippen molar-refractivity contribution in [2.75, 3.05) is 7.11 Å². The van der Waals surface area contributed by atoms with Crippen LogP contribution in [0.3, 0.4) is 0 Å². The maximum atomic E-state index is 11.4. The van der Waals surface area contributed by atoms with Crippen LogP contribution in [0.2, 0.25) is 0 Å². The van der Waals surface area contributed by atoms with E-state index in [1.807, 2.05) is 0 Å². The molecule has 0 saturated heterocycles. The number of nitrogens with zero attached hydrogens (tertiary/aromatic N) is 1. The van der Waals surface area contributed by atoms with E-state index in [1.165, 1.54) is 19.5 Å². The molecule has 2 aromatic rings. The summed E-state index contributed by atoms with van der Waals surface area (Å²) in [7, 11) is 1.31. The van der Waals surface area contributed by atoms with Crippen molar-refractivity contribution in [1.29, 1.82) is 0 Å². The average Bonchev–Trinajstić information content (AvgIpc) is 2.36. The number of H-pyrrole nitrogens is 1. The SMILES string of the molecule is COC(=O)C=Cc1ccc2c(=O)[nH]cnc2c1. The summed E-state index contributed by atoms with van der Waals surface area (Å²) in [6.07, 6.45) is 4.26. The number of ether oxygens (including phenoxy) is 1. The quantitative estimate of drug-likeness (QED) is 0.619. The summed E-state index contributed by atoms with van der Waals surface area (Å²) >= 11 is 0. The fraction of sp³-hybridized carbons (Fsp3) is 0.0833. The van der Waals surface area contributed by atoms with Gasteiger partial charge in [0, 0.05) is 6.08 Å². The Morgan fingerprint density at radius 2 is 2.29 bits per heavy atom. The Bertz CT molecular complexity index is 643. The molecular formula is C12H10N2O3. The van der Waals surface area contributed by atoms with Gasteiger partial charge in [-0.15, -0.1) is 0 Å². The molecule has 1 heterocycles. The van der Waals surface area contributed by atoms with Gasteiger partial charge in [0.05, 0.1) is 24.3 Å². The van der Waals surface area contributed by atoms with Crippen LogP contribution in [0.1, 0.15) is 5.56 Å². The fourth-order valence-corrected chi connectivity index (χ4v) is 1.42. The minimum absolute atomic E-state index is 0.182. The van der Waals surface area contributed by atoms with Gasteiger partial charge in [0.15, 0.2) is 0 Å². The molecule has 1 aromatic carbocycles. The van der Waals surface area contributed by atoms with Gasteiger partial charge in [0.1, 0.15) is 0 Å². The zero-order valence-electron chi connectivity index (χ0n) is 9.14. The molecule has 0 radical (unpaired) electrons. The van der Waals surface area contributed by atoms with Crippen molar-refractivity contribution in [3.8, 4) is 0 Å². The molecule has 0 saturated carbocycles. The van der Waals surface area contributed by atoms with E-state index >= 15 is 0 Å². The number of aromatic amines is 1. The first kappa shape index (κ1) is 11.1. The minimum atomic E-state index is -0.427. The molecule has 0 bridgehead atoms. The molecule has 2 rings (SSSR count). The standard InChI is InChI=1S/C12H10N2O3/c1-17-11(15)5-3-8-2-4-9-10(6-8)13-7-14-12(9)16/h2-7H,1H3,(H,13,14,16). The van der Waals surface area contributed by atoms with Crippen molar-refractivity contribution in [3.63, 3.8) is 0 Å². The van der Waals surface area contributed by atoms with Crippen LogP contribution in [-0.2, 0) is 9.53 Å². The second kappa shape index (κ2) is 4.61. The van der Waals surface area contributed by atoms with Crippen LogP contribution in [0.25, 0.3) is 17.0 Å². The number of fused-ring (bicyclic) bond motifs is 1. The summed E-state index contributed by atoms with van der Waals surface area (Å²) in [5.74, 6) is -0.427. The molecule has 0 spiro atoms.